The van der Waals surface area contributed by atoms with E-state index in [2.05, 4.69) is 5.10 Å². The van der Waals surface area contributed by atoms with E-state index in [1.807, 2.05) is 0 Å². The number of hydrogen-bond donors (Lipinski definition) is 1. The van der Waals surface area contributed by atoms with Crippen molar-refractivity contribution in [3.05, 3.63) is 22.5 Å². The number of nitro groups is 1. The Labute approximate surface area is 45.9 Å². The lowest BCUT2D eigenvalue weighted by atomic mass is 10.6. The van der Waals surface area contributed by atoms with Crippen LogP contribution in [-0.2, 0) is 0 Å². The highest BCUT2D eigenvalue weighted by atomic mass is 16.6. The van der Waals surface area contributed by atoms with Gasteiger partial charge in [-0.15, -0.1) is 0 Å². The molecular formula is C3H3N3O2. The molecule has 0 aliphatic rings. The highest BCUT2D eigenvalue weighted by Gasteiger charge is 2.02. The van der Waals surface area contributed by atoms with Crippen LogP contribution in [0, 0.1) is 10.1 Å². The van der Waals surface area contributed by atoms with E-state index >= 15 is 0 Å². The molecule has 0 aromatic carbocycles. The Kier molecular flexibility index (Phi) is 0.722. The quantitative estimate of drug-likeness (QED) is 0.422. The van der Waals surface area contributed by atoms with Crippen molar-refractivity contribution in [2.24, 2.45) is 0 Å². The third kappa shape index (κ3) is 0.651. The van der Waals surface area contributed by atoms with Gasteiger partial charge < -0.3 is 0 Å². The van der Waals surface area contributed by atoms with Gasteiger partial charge in [0, 0.05) is 0 Å². The largest absolute Gasteiger partial charge is 0.306 e. The molecular weight excluding hydrogens is 110 g/mol. The zero-order chi connectivity index (χ0) is 6.85. The van der Waals surface area contributed by atoms with E-state index in [4.69, 9.17) is 1.41 Å². The monoisotopic (exact) mass is 114 g/mol. The Balaban J connectivity index is 2.98. The molecule has 0 saturated carbocycles. The predicted octanol–water partition coefficient (Wildman–Crippen LogP) is 0.318. The van der Waals surface area contributed by atoms with Crippen LogP contribution in [0.3, 0.4) is 0 Å². The van der Waals surface area contributed by atoms with Crippen molar-refractivity contribution in [2.45, 2.75) is 0 Å². The van der Waals surface area contributed by atoms with Gasteiger partial charge >= 0.3 is 5.69 Å². The summed E-state index contributed by atoms with van der Waals surface area (Å²) in [5.74, 6) is 0. The minimum absolute atomic E-state index is 0.162. The maximum Gasteiger partial charge on any atom is 0.306 e. The summed E-state index contributed by atoms with van der Waals surface area (Å²) in [6.45, 7) is 0. The normalized spacial score (nSPS) is 10.8. The van der Waals surface area contributed by atoms with Gasteiger partial charge in [0.15, 0.2) is 1.41 Å². The highest BCUT2D eigenvalue weighted by molar-refractivity contribution is 5.19. The Morgan fingerprint density at radius 1 is 2.12 bits per heavy atom. The molecule has 0 amide bonds. The van der Waals surface area contributed by atoms with Gasteiger partial charge in [-0.3, -0.25) is 15.2 Å². The summed E-state index contributed by atoms with van der Waals surface area (Å²) in [7, 11) is 0. The second-order valence-electron chi connectivity index (χ2n) is 1.17. The van der Waals surface area contributed by atoms with Crippen LogP contribution in [-0.4, -0.2) is 15.1 Å². The molecule has 0 atom stereocenters. The molecule has 5 nitrogen and oxygen atoms in total. The fraction of sp³-hybridized carbons (Fsp3) is 0. The van der Waals surface area contributed by atoms with Gasteiger partial charge in [-0.05, 0) is 0 Å². The molecule has 0 spiro atoms. The van der Waals surface area contributed by atoms with Crippen LogP contribution in [0.1, 0.15) is 0 Å². The Morgan fingerprint density at radius 2 is 2.88 bits per heavy atom. The van der Waals surface area contributed by atoms with Crippen LogP contribution in [0.5, 0.6) is 0 Å². The minimum atomic E-state index is -0.599. The Bertz CT molecular complexity index is 233. The molecule has 1 heterocycles. The Morgan fingerprint density at radius 3 is 3.12 bits per heavy atom. The second kappa shape index (κ2) is 1.61. The van der Waals surface area contributed by atoms with Crippen molar-refractivity contribution >= 4 is 5.69 Å². The maximum absolute atomic E-state index is 9.88. The van der Waals surface area contributed by atoms with Crippen molar-refractivity contribution in [1.29, 1.82) is 0 Å². The van der Waals surface area contributed by atoms with Crippen LogP contribution in [0.2, 0.25) is 1.41 Å². The van der Waals surface area contributed by atoms with E-state index in [-0.39, 0.29) is 5.69 Å². The van der Waals surface area contributed by atoms with Crippen LogP contribution >= 0.6 is 0 Å². The standard InChI is InChI=1S/C3H3N3O2/c7-6(8)3-1-4-5-2-3/h1-2H,(H,4,5)/i/hD. The minimum Gasteiger partial charge on any atom is -0.279 e. The van der Waals surface area contributed by atoms with Gasteiger partial charge in [-0.2, -0.15) is 5.10 Å². The molecule has 42 valence electrons. The van der Waals surface area contributed by atoms with Crippen LogP contribution < -0.4 is 0 Å². The van der Waals surface area contributed by atoms with E-state index in [9.17, 15) is 10.1 Å². The molecule has 0 radical (unpaired) electrons. The molecule has 0 aliphatic heterocycles. The number of nitrogens with zero attached hydrogens (tertiary/aromatic N) is 2. The summed E-state index contributed by atoms with van der Waals surface area (Å²) in [6, 6.07) is 0. The maximum atomic E-state index is 9.88. The Hall–Kier alpha value is -1.39. The molecule has 1 aromatic rings. The van der Waals surface area contributed by atoms with Crippen molar-refractivity contribution in [3.8, 4) is 0 Å². The molecule has 0 saturated heterocycles. The highest BCUT2D eigenvalue weighted by Crippen LogP contribution is 2.02. The van der Waals surface area contributed by atoms with Crippen molar-refractivity contribution < 1.29 is 6.34 Å². The van der Waals surface area contributed by atoms with E-state index < -0.39 is 4.92 Å². The van der Waals surface area contributed by atoms with Gasteiger partial charge in [0.25, 0.3) is 0 Å². The van der Waals surface area contributed by atoms with Crippen LogP contribution in [0.15, 0.2) is 12.4 Å². The summed E-state index contributed by atoms with van der Waals surface area (Å²) in [6.07, 6.45) is 2.03. The second-order valence-corrected chi connectivity index (χ2v) is 1.17. The molecule has 1 aromatic heterocycles. The lowest BCUT2D eigenvalue weighted by molar-refractivity contribution is -0.384. The van der Waals surface area contributed by atoms with Crippen LogP contribution in [0.4, 0.5) is 5.69 Å². The third-order valence-corrected chi connectivity index (χ3v) is 0.657. The first-order valence-electron chi connectivity index (χ1n) is 2.33. The summed E-state index contributed by atoms with van der Waals surface area (Å²) in [5, 5.41) is 13.8. The summed E-state index contributed by atoms with van der Waals surface area (Å²) >= 11 is 0. The lowest BCUT2D eigenvalue weighted by Gasteiger charge is -1.75. The average molecular weight is 114 g/mol. The number of H-pyrrole nitrogens is 1. The molecule has 0 aliphatic carbocycles. The first-order valence-corrected chi connectivity index (χ1v) is 1.88. The molecule has 0 unspecified atom stereocenters. The topological polar surface area (TPSA) is 71.8 Å². The molecule has 8 heavy (non-hydrogen) atoms. The average Bonchev–Trinajstić information content (AvgIpc) is 2.14. The van der Waals surface area contributed by atoms with E-state index in [0.717, 1.165) is 12.4 Å². The molecule has 0 fully saturated rings. The van der Waals surface area contributed by atoms with Crippen molar-refractivity contribution in [2.75, 3.05) is 0 Å². The lowest BCUT2D eigenvalue weighted by Crippen LogP contribution is -1.82. The first kappa shape index (κ1) is 3.59. The zero-order valence-corrected chi connectivity index (χ0v) is 3.81. The SMILES string of the molecule is [2H]n1cc([N+](=O)[O-])cn1. The third-order valence-electron chi connectivity index (χ3n) is 0.657. The predicted molar refractivity (Wildman–Crippen MR) is 25.2 cm³/mol. The number of aromatic nitrogens is 2. The van der Waals surface area contributed by atoms with Crippen molar-refractivity contribution in [1.82, 2.24) is 10.2 Å². The molecule has 1 rings (SSSR count). The number of aromatic amines is 1. The van der Waals surface area contributed by atoms with Gasteiger partial charge in [0.05, 0.1) is 11.1 Å². The molecule has 5 heteroatoms. The number of hydrogen-bond acceptors (Lipinski definition) is 3. The fourth-order valence-corrected chi connectivity index (χ4v) is 0.313. The number of nitrogens with one attached hydrogen (secondary N) is 1. The van der Waals surface area contributed by atoms with Crippen LogP contribution in [0.25, 0.3) is 0 Å². The fourth-order valence-electron chi connectivity index (χ4n) is 0.313. The van der Waals surface area contributed by atoms with E-state index in [1.54, 1.807) is 0 Å². The number of rotatable bonds is 1. The van der Waals surface area contributed by atoms with Crippen molar-refractivity contribution in [3.63, 3.8) is 0 Å². The summed E-state index contributed by atoms with van der Waals surface area (Å²) < 4.78 is 6.71. The van der Waals surface area contributed by atoms with Gasteiger partial charge in [-0.1, -0.05) is 0 Å². The summed E-state index contributed by atoms with van der Waals surface area (Å²) in [4.78, 5) is 9.28. The van der Waals surface area contributed by atoms with Gasteiger partial charge in [0.1, 0.15) is 6.20 Å². The van der Waals surface area contributed by atoms with E-state index in [0.29, 0.717) is 5.09 Å². The molecule has 1 N–H and O–H groups in total. The first-order chi connectivity index (χ1) is 4.20. The summed E-state index contributed by atoms with van der Waals surface area (Å²) in [5.41, 5.74) is -0.162. The molecule has 0 bridgehead atoms. The smallest absolute Gasteiger partial charge is 0.279 e. The van der Waals surface area contributed by atoms with E-state index in [1.165, 1.54) is 0 Å². The van der Waals surface area contributed by atoms with Gasteiger partial charge in [0.2, 0.25) is 0 Å². The van der Waals surface area contributed by atoms with Gasteiger partial charge in [-0.25, -0.2) is 0 Å². The zero-order valence-electron chi connectivity index (χ0n) is 4.81.